The van der Waals surface area contributed by atoms with Crippen LogP contribution in [0.3, 0.4) is 0 Å². The van der Waals surface area contributed by atoms with Crippen LogP contribution in [0, 0.1) is 12.7 Å². The van der Waals surface area contributed by atoms with Gasteiger partial charge in [0.25, 0.3) is 5.91 Å². The topological polar surface area (TPSA) is 63.5 Å². The highest BCUT2D eigenvalue weighted by atomic mass is 19.1. The molecule has 0 saturated carbocycles. The second kappa shape index (κ2) is 9.49. The summed E-state index contributed by atoms with van der Waals surface area (Å²) < 4.78 is 21.1. The van der Waals surface area contributed by atoms with Gasteiger partial charge in [-0.25, -0.2) is 9.07 Å². The maximum absolute atomic E-state index is 14.2. The molecule has 158 valence electrons. The van der Waals surface area contributed by atoms with E-state index >= 15 is 0 Å². The molecule has 3 rings (SSSR count). The predicted molar refractivity (Wildman–Crippen MR) is 112 cm³/mol. The maximum Gasteiger partial charge on any atom is 0.276 e. The molecule has 0 spiro atoms. The molecule has 7 nitrogen and oxygen atoms in total. The van der Waals surface area contributed by atoms with Gasteiger partial charge in [-0.15, -0.1) is 5.10 Å². The Bertz CT molecular complexity index is 1020. The first-order valence-corrected chi connectivity index (χ1v) is 9.65. The summed E-state index contributed by atoms with van der Waals surface area (Å²) in [7, 11) is 5.44. The normalized spacial score (nSPS) is 11.0. The lowest BCUT2D eigenvalue weighted by atomic mass is 10.2. The van der Waals surface area contributed by atoms with E-state index in [9.17, 15) is 9.18 Å². The van der Waals surface area contributed by atoms with Crippen LogP contribution in [-0.2, 0) is 6.54 Å². The molecule has 2 aromatic carbocycles. The van der Waals surface area contributed by atoms with Crippen molar-refractivity contribution < 1.29 is 13.9 Å². The molecule has 0 atom stereocenters. The zero-order valence-corrected chi connectivity index (χ0v) is 17.7. The van der Waals surface area contributed by atoms with Gasteiger partial charge in [-0.05, 0) is 39.2 Å². The number of amides is 1. The minimum atomic E-state index is -0.336. The van der Waals surface area contributed by atoms with Crippen LogP contribution in [0.25, 0.3) is 5.69 Å². The van der Waals surface area contributed by atoms with Gasteiger partial charge in [0.15, 0.2) is 5.69 Å². The molecule has 1 heterocycles. The van der Waals surface area contributed by atoms with Gasteiger partial charge < -0.3 is 14.5 Å². The minimum absolute atomic E-state index is 0.158. The standard InChI is InChI=1S/C22H26FN5O2/c1-16-21(24-25-28(16)18-9-7-10-19(14-18)30-4)22(29)27(13-12-26(2)3)15-17-8-5-6-11-20(17)23/h5-11,14H,12-13,15H2,1-4H3. The van der Waals surface area contributed by atoms with Crippen molar-refractivity contribution >= 4 is 5.91 Å². The Kier molecular flexibility index (Phi) is 6.79. The molecule has 0 fully saturated rings. The predicted octanol–water partition coefficient (Wildman–Crippen LogP) is 2.93. The fraction of sp³-hybridized carbons (Fsp3) is 0.318. The Balaban J connectivity index is 1.90. The highest BCUT2D eigenvalue weighted by molar-refractivity contribution is 5.93. The largest absolute Gasteiger partial charge is 0.497 e. The number of rotatable bonds is 8. The van der Waals surface area contributed by atoms with Crippen molar-refractivity contribution in [3.63, 3.8) is 0 Å². The fourth-order valence-electron chi connectivity index (χ4n) is 3.07. The van der Waals surface area contributed by atoms with E-state index in [0.717, 1.165) is 5.69 Å². The van der Waals surface area contributed by atoms with Gasteiger partial charge in [-0.3, -0.25) is 4.79 Å². The molecule has 0 radical (unpaired) electrons. The molecule has 0 N–H and O–H groups in total. The van der Waals surface area contributed by atoms with Crippen molar-refractivity contribution in [1.29, 1.82) is 0 Å². The van der Waals surface area contributed by atoms with Crippen molar-refractivity contribution in [2.75, 3.05) is 34.3 Å². The van der Waals surface area contributed by atoms with Crippen LogP contribution in [0.5, 0.6) is 5.75 Å². The summed E-state index contributed by atoms with van der Waals surface area (Å²) in [6.45, 7) is 3.03. The molecule has 1 aromatic heterocycles. The highest BCUT2D eigenvalue weighted by Crippen LogP contribution is 2.19. The molecule has 3 aromatic rings. The number of nitrogens with zero attached hydrogens (tertiary/aromatic N) is 5. The van der Waals surface area contributed by atoms with Crippen molar-refractivity contribution in [2.24, 2.45) is 0 Å². The monoisotopic (exact) mass is 411 g/mol. The van der Waals surface area contributed by atoms with Crippen LogP contribution < -0.4 is 4.74 Å². The number of halogens is 1. The number of carbonyl (C=O) groups excluding carboxylic acids is 1. The first kappa shape index (κ1) is 21.4. The molecule has 0 aliphatic rings. The number of hydrogen-bond donors (Lipinski definition) is 0. The molecule has 30 heavy (non-hydrogen) atoms. The van der Waals surface area contributed by atoms with E-state index in [0.29, 0.717) is 30.1 Å². The van der Waals surface area contributed by atoms with Crippen LogP contribution in [0.1, 0.15) is 21.7 Å². The van der Waals surface area contributed by atoms with Crippen LogP contribution in [0.15, 0.2) is 48.5 Å². The Morgan fingerprint density at radius 3 is 2.60 bits per heavy atom. The van der Waals surface area contributed by atoms with Crippen LogP contribution in [0.4, 0.5) is 4.39 Å². The average molecular weight is 411 g/mol. The van der Waals surface area contributed by atoms with Gasteiger partial charge in [0.1, 0.15) is 11.6 Å². The van der Waals surface area contributed by atoms with Crippen molar-refractivity contribution in [2.45, 2.75) is 13.5 Å². The van der Waals surface area contributed by atoms with Crippen LogP contribution in [0.2, 0.25) is 0 Å². The number of hydrogen-bond acceptors (Lipinski definition) is 5. The minimum Gasteiger partial charge on any atom is -0.497 e. The van der Waals surface area contributed by atoms with E-state index in [2.05, 4.69) is 10.3 Å². The number of likely N-dealkylation sites (N-methyl/N-ethyl adjacent to an activating group) is 1. The van der Waals surface area contributed by atoms with E-state index in [1.807, 2.05) is 43.3 Å². The Morgan fingerprint density at radius 1 is 1.13 bits per heavy atom. The number of aromatic nitrogens is 3. The summed E-state index contributed by atoms with van der Waals surface area (Å²) in [5.74, 6) is 0.0612. The third-order valence-corrected chi connectivity index (χ3v) is 4.82. The maximum atomic E-state index is 14.2. The van der Waals surface area contributed by atoms with Gasteiger partial charge in [-0.2, -0.15) is 0 Å². The summed E-state index contributed by atoms with van der Waals surface area (Å²) >= 11 is 0. The van der Waals surface area contributed by atoms with E-state index in [1.54, 1.807) is 41.8 Å². The lowest BCUT2D eigenvalue weighted by Crippen LogP contribution is -2.37. The van der Waals surface area contributed by atoms with Crippen molar-refractivity contribution in [3.8, 4) is 11.4 Å². The molecule has 0 aliphatic heterocycles. The van der Waals surface area contributed by atoms with E-state index in [4.69, 9.17) is 4.74 Å². The number of carbonyl (C=O) groups is 1. The molecule has 0 unspecified atom stereocenters. The van der Waals surface area contributed by atoms with Crippen molar-refractivity contribution in [3.05, 3.63) is 71.3 Å². The zero-order valence-electron chi connectivity index (χ0n) is 17.7. The zero-order chi connectivity index (χ0) is 21.7. The SMILES string of the molecule is COc1cccc(-n2nnc(C(=O)N(CCN(C)C)Cc3ccccc3F)c2C)c1. The second-order valence-electron chi connectivity index (χ2n) is 7.26. The molecular formula is C22H26FN5O2. The molecule has 8 heteroatoms. The van der Waals surface area contributed by atoms with Gasteiger partial charge in [-0.1, -0.05) is 29.5 Å². The summed E-state index contributed by atoms with van der Waals surface area (Å²) in [6.07, 6.45) is 0. The molecule has 0 bridgehead atoms. The first-order valence-electron chi connectivity index (χ1n) is 9.65. The third kappa shape index (κ3) is 4.83. The van der Waals surface area contributed by atoms with E-state index in [-0.39, 0.29) is 24.0 Å². The van der Waals surface area contributed by atoms with E-state index in [1.165, 1.54) is 6.07 Å². The lowest BCUT2D eigenvalue weighted by Gasteiger charge is -2.24. The molecule has 0 aliphatic carbocycles. The first-order chi connectivity index (χ1) is 14.4. The average Bonchev–Trinajstić information content (AvgIpc) is 3.13. The van der Waals surface area contributed by atoms with Gasteiger partial charge >= 0.3 is 0 Å². The summed E-state index contributed by atoms with van der Waals surface area (Å²) in [6, 6.07) is 13.8. The number of methoxy groups -OCH3 is 1. The number of benzene rings is 2. The van der Waals surface area contributed by atoms with Gasteiger partial charge in [0, 0.05) is 31.3 Å². The Morgan fingerprint density at radius 2 is 1.90 bits per heavy atom. The lowest BCUT2D eigenvalue weighted by molar-refractivity contribution is 0.0723. The van der Waals surface area contributed by atoms with E-state index < -0.39 is 0 Å². The molecule has 1 amide bonds. The van der Waals surface area contributed by atoms with Crippen LogP contribution >= 0.6 is 0 Å². The summed E-state index contributed by atoms with van der Waals surface area (Å²) in [5.41, 5.74) is 2.05. The molecular weight excluding hydrogens is 385 g/mol. The smallest absolute Gasteiger partial charge is 0.276 e. The van der Waals surface area contributed by atoms with Crippen LogP contribution in [-0.4, -0.2) is 65.0 Å². The Hall–Kier alpha value is -3.26. The fourth-order valence-corrected chi connectivity index (χ4v) is 3.07. The van der Waals surface area contributed by atoms with Gasteiger partial charge in [0.2, 0.25) is 0 Å². The third-order valence-electron chi connectivity index (χ3n) is 4.82. The highest BCUT2D eigenvalue weighted by Gasteiger charge is 2.24. The molecule has 0 saturated heterocycles. The quantitative estimate of drug-likeness (QED) is 0.570. The van der Waals surface area contributed by atoms with Crippen molar-refractivity contribution in [1.82, 2.24) is 24.8 Å². The summed E-state index contributed by atoms with van der Waals surface area (Å²) in [4.78, 5) is 16.9. The Labute approximate surface area is 175 Å². The number of ether oxygens (including phenoxy) is 1. The van der Waals surface area contributed by atoms with Gasteiger partial charge in [0.05, 0.1) is 18.5 Å². The summed E-state index contributed by atoms with van der Waals surface area (Å²) in [5, 5.41) is 8.30. The second-order valence-corrected chi connectivity index (χ2v) is 7.26.